The van der Waals surface area contributed by atoms with Crippen molar-refractivity contribution in [2.75, 3.05) is 10.6 Å². The summed E-state index contributed by atoms with van der Waals surface area (Å²) in [6.45, 7) is 3.99. The lowest BCUT2D eigenvalue weighted by atomic mass is 9.97. The second-order valence-corrected chi connectivity index (χ2v) is 5.80. The number of anilines is 2. The van der Waals surface area contributed by atoms with Crippen molar-refractivity contribution >= 4 is 28.6 Å². The lowest BCUT2D eigenvalue weighted by molar-refractivity contribution is 0.625. The fraction of sp³-hybridized carbons (Fsp3) is 0.462. The van der Waals surface area contributed by atoms with Crippen molar-refractivity contribution in [3.8, 4) is 0 Å². The molecule has 1 aromatic carbocycles. The van der Waals surface area contributed by atoms with Gasteiger partial charge < -0.3 is 10.6 Å². The van der Waals surface area contributed by atoms with Crippen LogP contribution < -0.4 is 10.6 Å². The molecule has 0 amide bonds. The van der Waals surface area contributed by atoms with Gasteiger partial charge in [0.15, 0.2) is 0 Å². The van der Waals surface area contributed by atoms with Gasteiger partial charge in [0.05, 0.1) is 16.9 Å². The monoisotopic (exact) mass is 250 g/mol. The maximum Gasteiger partial charge on any atom is 0.125 e. The first-order valence-corrected chi connectivity index (χ1v) is 6.31. The van der Waals surface area contributed by atoms with Gasteiger partial charge in [0.25, 0.3) is 0 Å². The van der Waals surface area contributed by atoms with Crippen LogP contribution in [0.25, 0.3) is 0 Å². The molecule has 0 aromatic heterocycles. The highest BCUT2D eigenvalue weighted by molar-refractivity contribution is 7.80. The van der Waals surface area contributed by atoms with Crippen LogP contribution in [0.1, 0.15) is 38.2 Å². The van der Waals surface area contributed by atoms with E-state index in [4.69, 9.17) is 12.2 Å². The summed E-state index contributed by atoms with van der Waals surface area (Å²) in [7, 11) is 0. The van der Waals surface area contributed by atoms with Crippen LogP contribution in [0.15, 0.2) is 12.1 Å². The van der Waals surface area contributed by atoms with Gasteiger partial charge >= 0.3 is 0 Å². The minimum absolute atomic E-state index is 0.177. The van der Waals surface area contributed by atoms with Gasteiger partial charge in [0.1, 0.15) is 10.8 Å². The van der Waals surface area contributed by atoms with E-state index in [-0.39, 0.29) is 11.4 Å². The zero-order valence-corrected chi connectivity index (χ0v) is 10.7. The van der Waals surface area contributed by atoms with Crippen LogP contribution in [0.3, 0.4) is 0 Å². The van der Waals surface area contributed by atoms with E-state index in [0.717, 1.165) is 34.8 Å². The van der Waals surface area contributed by atoms with Gasteiger partial charge in [-0.15, -0.1) is 0 Å². The second-order valence-electron chi connectivity index (χ2n) is 5.40. The molecule has 2 nitrogen and oxygen atoms in total. The minimum atomic E-state index is -0.322. The number of hydrogen-bond donors (Lipinski definition) is 2. The van der Waals surface area contributed by atoms with Crippen LogP contribution in [0.2, 0.25) is 0 Å². The Labute approximate surface area is 106 Å². The molecule has 0 radical (unpaired) electrons. The van der Waals surface area contributed by atoms with Crippen molar-refractivity contribution in [2.24, 2.45) is 0 Å². The smallest absolute Gasteiger partial charge is 0.125 e. The van der Waals surface area contributed by atoms with Crippen molar-refractivity contribution in [3.63, 3.8) is 0 Å². The summed E-state index contributed by atoms with van der Waals surface area (Å²) < 4.78 is 13.6. The molecule has 2 N–H and O–H groups in total. The maximum absolute atomic E-state index is 13.6. The van der Waals surface area contributed by atoms with Crippen LogP contribution >= 0.6 is 12.2 Å². The number of rotatable bonds is 1. The molecule has 1 aromatic rings. The lowest BCUT2D eigenvalue weighted by Gasteiger charge is -2.36. The third-order valence-corrected chi connectivity index (χ3v) is 4.02. The van der Waals surface area contributed by atoms with Crippen molar-refractivity contribution in [1.29, 1.82) is 0 Å². The average Bonchev–Trinajstić information content (AvgIpc) is 3.02. The molecule has 0 bridgehead atoms. The van der Waals surface area contributed by atoms with E-state index in [0.29, 0.717) is 5.92 Å². The van der Waals surface area contributed by atoms with Gasteiger partial charge in [-0.2, -0.15) is 0 Å². The molecule has 0 spiro atoms. The zero-order chi connectivity index (χ0) is 12.2. The van der Waals surface area contributed by atoms with Gasteiger partial charge in [-0.25, -0.2) is 4.39 Å². The fourth-order valence-corrected chi connectivity index (χ4v) is 2.40. The van der Waals surface area contributed by atoms with Crippen molar-refractivity contribution in [3.05, 3.63) is 23.5 Å². The Morgan fingerprint density at radius 3 is 2.71 bits per heavy atom. The molecule has 90 valence electrons. The van der Waals surface area contributed by atoms with E-state index in [1.54, 1.807) is 6.07 Å². The highest BCUT2D eigenvalue weighted by Crippen LogP contribution is 2.47. The summed E-state index contributed by atoms with van der Waals surface area (Å²) in [5, 5.41) is 6.58. The Bertz CT molecular complexity index is 506. The Hall–Kier alpha value is -1.16. The molecule has 17 heavy (non-hydrogen) atoms. The number of fused-ring (bicyclic) bond motifs is 1. The third kappa shape index (κ3) is 1.80. The summed E-state index contributed by atoms with van der Waals surface area (Å²) >= 11 is 5.35. The second kappa shape index (κ2) is 3.42. The predicted molar refractivity (Wildman–Crippen MR) is 72.3 cm³/mol. The first-order chi connectivity index (χ1) is 7.97. The molecule has 1 aliphatic carbocycles. The lowest BCUT2D eigenvalue weighted by Crippen LogP contribution is -2.46. The molecule has 1 heterocycles. The Morgan fingerprint density at radius 1 is 1.35 bits per heavy atom. The average molecular weight is 250 g/mol. The summed E-state index contributed by atoms with van der Waals surface area (Å²) in [5.41, 5.74) is 2.53. The Kier molecular flexibility index (Phi) is 2.20. The van der Waals surface area contributed by atoms with E-state index in [9.17, 15) is 4.39 Å². The minimum Gasteiger partial charge on any atom is -0.372 e. The molecular weight excluding hydrogens is 235 g/mol. The topological polar surface area (TPSA) is 24.1 Å². The number of hydrogen-bond acceptors (Lipinski definition) is 2. The van der Waals surface area contributed by atoms with E-state index in [2.05, 4.69) is 10.6 Å². The maximum atomic E-state index is 13.6. The largest absolute Gasteiger partial charge is 0.372 e. The summed E-state index contributed by atoms with van der Waals surface area (Å²) in [6.07, 6.45) is 2.29. The van der Waals surface area contributed by atoms with Crippen LogP contribution in [-0.2, 0) is 0 Å². The molecule has 0 saturated heterocycles. The number of nitrogens with one attached hydrogen (secondary N) is 2. The van der Waals surface area contributed by atoms with Gasteiger partial charge in [0, 0.05) is 0 Å². The first-order valence-electron chi connectivity index (χ1n) is 5.90. The van der Waals surface area contributed by atoms with Crippen LogP contribution in [0.4, 0.5) is 15.8 Å². The molecule has 4 heteroatoms. The molecule has 1 saturated carbocycles. The van der Waals surface area contributed by atoms with E-state index >= 15 is 0 Å². The van der Waals surface area contributed by atoms with Crippen molar-refractivity contribution in [1.82, 2.24) is 0 Å². The Balaban J connectivity index is 2.12. The standard InChI is InChI=1S/C13H15FN2S/c1-13(2)12(17)15-11-9(7-3-4-7)5-8(14)6-10(11)16-13/h5-7,16H,3-4H2,1-2H3,(H,15,17). The van der Waals surface area contributed by atoms with Gasteiger partial charge in [0.2, 0.25) is 0 Å². The molecular formula is C13H15FN2S. The number of halogens is 1. The summed E-state index contributed by atoms with van der Waals surface area (Å²) in [4.78, 5) is 0.763. The van der Waals surface area contributed by atoms with Gasteiger partial charge in [-0.1, -0.05) is 12.2 Å². The van der Waals surface area contributed by atoms with E-state index in [1.165, 1.54) is 6.07 Å². The highest BCUT2D eigenvalue weighted by atomic mass is 32.1. The van der Waals surface area contributed by atoms with Crippen molar-refractivity contribution in [2.45, 2.75) is 38.1 Å². The molecule has 1 aliphatic heterocycles. The highest BCUT2D eigenvalue weighted by Gasteiger charge is 2.34. The third-order valence-electron chi connectivity index (χ3n) is 3.40. The number of thiocarbonyl (C=S) groups is 1. The Morgan fingerprint density at radius 2 is 2.06 bits per heavy atom. The van der Waals surface area contributed by atoms with E-state index in [1.807, 2.05) is 13.8 Å². The van der Waals surface area contributed by atoms with E-state index < -0.39 is 0 Å². The fourth-order valence-electron chi connectivity index (χ4n) is 2.25. The normalized spacial score (nSPS) is 21.5. The predicted octanol–water partition coefficient (Wildman–Crippen LogP) is 3.65. The molecule has 0 atom stereocenters. The summed E-state index contributed by atoms with van der Waals surface area (Å²) in [5.74, 6) is 0.321. The quantitative estimate of drug-likeness (QED) is 0.744. The van der Waals surface area contributed by atoms with Gasteiger partial charge in [-0.05, 0) is 50.3 Å². The van der Waals surface area contributed by atoms with Crippen LogP contribution in [0, 0.1) is 5.82 Å². The molecule has 3 rings (SSSR count). The molecule has 1 fully saturated rings. The van der Waals surface area contributed by atoms with Gasteiger partial charge in [-0.3, -0.25) is 0 Å². The molecule has 2 aliphatic rings. The van der Waals surface area contributed by atoms with Crippen LogP contribution in [0.5, 0.6) is 0 Å². The van der Waals surface area contributed by atoms with Crippen LogP contribution in [-0.4, -0.2) is 10.5 Å². The first kappa shape index (κ1) is 11.0. The molecule has 0 unspecified atom stereocenters. The zero-order valence-electron chi connectivity index (χ0n) is 9.93. The SMILES string of the molecule is CC1(C)Nc2cc(F)cc(C3CC3)c2NC1=S. The number of benzene rings is 1. The summed E-state index contributed by atoms with van der Waals surface area (Å²) in [6, 6.07) is 3.17. The van der Waals surface area contributed by atoms with Crippen molar-refractivity contribution < 1.29 is 4.39 Å².